The number of carbonyl (C=O) groups is 2. The maximum Gasteiger partial charge on any atom is 0.314 e. The molecule has 0 fully saturated rings. The van der Waals surface area contributed by atoms with Crippen LogP contribution in [0.3, 0.4) is 0 Å². The molecule has 0 radical (unpaired) electrons. The Morgan fingerprint density at radius 2 is 1.81 bits per heavy atom. The second-order valence-electron chi connectivity index (χ2n) is 6.63. The molecule has 144 valence electrons. The number of rotatable bonds is 8. The zero-order valence-electron chi connectivity index (χ0n) is 16.3. The van der Waals surface area contributed by atoms with Gasteiger partial charge >= 0.3 is 5.97 Å². The Morgan fingerprint density at radius 3 is 2.44 bits per heavy atom. The van der Waals surface area contributed by atoms with Crippen molar-refractivity contribution < 1.29 is 19.1 Å². The van der Waals surface area contributed by atoms with E-state index in [1.165, 1.54) is 7.11 Å². The van der Waals surface area contributed by atoms with Crippen molar-refractivity contribution in [2.24, 2.45) is 5.92 Å². The summed E-state index contributed by atoms with van der Waals surface area (Å²) >= 11 is 0. The Hall–Kier alpha value is -2.82. The monoisotopic (exact) mass is 369 g/mol. The van der Waals surface area contributed by atoms with E-state index in [0.29, 0.717) is 11.4 Å². The molecule has 0 aliphatic rings. The number of benzene rings is 2. The van der Waals surface area contributed by atoms with Crippen molar-refractivity contribution in [1.29, 1.82) is 0 Å². The van der Waals surface area contributed by atoms with Crippen LogP contribution in [-0.4, -0.2) is 25.6 Å². The third-order valence-electron chi connectivity index (χ3n) is 4.60. The van der Waals surface area contributed by atoms with Crippen LogP contribution < -0.4 is 10.1 Å². The van der Waals surface area contributed by atoms with Gasteiger partial charge in [0.2, 0.25) is 0 Å². The number of hydrogen-bond donors (Lipinski definition) is 1. The zero-order valence-corrected chi connectivity index (χ0v) is 16.3. The van der Waals surface area contributed by atoms with Gasteiger partial charge in [-0.25, -0.2) is 0 Å². The molecule has 0 bridgehead atoms. The first kappa shape index (κ1) is 20.5. The normalized spacial score (nSPS) is 12.7. The van der Waals surface area contributed by atoms with Crippen LogP contribution in [0, 0.1) is 12.8 Å². The molecular formula is C22H27NO4. The molecule has 2 rings (SSSR count). The molecule has 2 aromatic carbocycles. The fraction of sp³-hybridized carbons (Fsp3) is 0.364. The minimum atomic E-state index is -0.400. The van der Waals surface area contributed by atoms with E-state index in [-0.39, 0.29) is 18.5 Å². The summed E-state index contributed by atoms with van der Waals surface area (Å²) in [5.74, 6) is -0.510. The lowest BCUT2D eigenvalue weighted by molar-refractivity contribution is -0.150. The first-order valence-corrected chi connectivity index (χ1v) is 9.12. The van der Waals surface area contributed by atoms with Gasteiger partial charge < -0.3 is 14.8 Å². The first-order chi connectivity index (χ1) is 13.0. The lowest BCUT2D eigenvalue weighted by Gasteiger charge is -2.21. The van der Waals surface area contributed by atoms with Crippen LogP contribution in [0.4, 0.5) is 5.69 Å². The fourth-order valence-corrected chi connectivity index (χ4v) is 2.93. The Labute approximate surface area is 160 Å². The molecule has 0 heterocycles. The number of carbonyl (C=O) groups excluding carboxylic acids is 2. The highest BCUT2D eigenvalue weighted by molar-refractivity contribution is 5.94. The Balaban J connectivity index is 2.02. The fourth-order valence-electron chi connectivity index (χ4n) is 2.93. The molecule has 0 aliphatic heterocycles. The molecule has 27 heavy (non-hydrogen) atoms. The molecule has 5 heteroatoms. The van der Waals surface area contributed by atoms with Crippen molar-refractivity contribution in [3.8, 4) is 5.75 Å². The molecule has 0 saturated carbocycles. The minimum Gasteiger partial charge on any atom is -0.495 e. The summed E-state index contributed by atoms with van der Waals surface area (Å²) in [4.78, 5) is 24.9. The quantitative estimate of drug-likeness (QED) is 0.704. The topological polar surface area (TPSA) is 64.6 Å². The average Bonchev–Trinajstić information content (AvgIpc) is 2.67. The van der Waals surface area contributed by atoms with Gasteiger partial charge in [-0.2, -0.15) is 0 Å². The molecule has 2 aromatic rings. The van der Waals surface area contributed by atoms with Gasteiger partial charge in [-0.15, -0.1) is 0 Å². The van der Waals surface area contributed by atoms with Crippen LogP contribution in [0.2, 0.25) is 0 Å². The summed E-state index contributed by atoms with van der Waals surface area (Å²) in [7, 11) is 1.54. The number of hydrogen-bond acceptors (Lipinski definition) is 4. The van der Waals surface area contributed by atoms with Crippen molar-refractivity contribution in [1.82, 2.24) is 0 Å². The van der Waals surface area contributed by atoms with Crippen molar-refractivity contribution in [3.05, 3.63) is 59.7 Å². The maximum atomic E-state index is 12.7. The molecule has 2 atom stereocenters. The Kier molecular flexibility index (Phi) is 7.41. The largest absolute Gasteiger partial charge is 0.495 e. The molecule has 0 saturated heterocycles. The van der Waals surface area contributed by atoms with Crippen LogP contribution in [-0.2, 0) is 14.3 Å². The van der Waals surface area contributed by atoms with E-state index < -0.39 is 11.8 Å². The number of anilines is 1. The van der Waals surface area contributed by atoms with Crippen LogP contribution in [0.5, 0.6) is 5.75 Å². The third kappa shape index (κ3) is 5.58. The Bertz CT molecular complexity index is 773. The van der Waals surface area contributed by atoms with Gasteiger partial charge in [0.05, 0.1) is 18.7 Å². The van der Waals surface area contributed by atoms with Gasteiger partial charge in [-0.05, 0) is 36.1 Å². The van der Waals surface area contributed by atoms with E-state index in [1.807, 2.05) is 63.2 Å². The average molecular weight is 369 g/mol. The number of amides is 1. The number of nitrogens with one attached hydrogen (secondary N) is 1. The van der Waals surface area contributed by atoms with Crippen molar-refractivity contribution in [2.45, 2.75) is 33.1 Å². The zero-order chi connectivity index (χ0) is 19.8. The first-order valence-electron chi connectivity index (χ1n) is 9.12. The summed E-state index contributed by atoms with van der Waals surface area (Å²) in [6, 6.07) is 15.0. The second kappa shape index (κ2) is 9.76. The molecule has 0 spiro atoms. The molecule has 0 unspecified atom stereocenters. The van der Waals surface area contributed by atoms with Crippen LogP contribution >= 0.6 is 0 Å². The highest BCUT2D eigenvalue weighted by Crippen LogP contribution is 2.28. The van der Waals surface area contributed by atoms with Crippen LogP contribution in [0.1, 0.15) is 37.3 Å². The van der Waals surface area contributed by atoms with Gasteiger partial charge in [-0.1, -0.05) is 56.7 Å². The van der Waals surface area contributed by atoms with E-state index >= 15 is 0 Å². The predicted molar refractivity (Wildman–Crippen MR) is 106 cm³/mol. The lowest BCUT2D eigenvalue weighted by Crippen LogP contribution is -2.27. The summed E-state index contributed by atoms with van der Waals surface area (Å²) in [5, 5.41) is 2.74. The van der Waals surface area contributed by atoms with Crippen molar-refractivity contribution >= 4 is 17.6 Å². The molecule has 1 amide bonds. The van der Waals surface area contributed by atoms with Gasteiger partial charge in [0.1, 0.15) is 5.75 Å². The third-order valence-corrected chi connectivity index (χ3v) is 4.60. The van der Waals surface area contributed by atoms with Gasteiger partial charge in [0.15, 0.2) is 6.61 Å². The maximum absolute atomic E-state index is 12.7. The van der Waals surface area contributed by atoms with E-state index in [4.69, 9.17) is 9.47 Å². The summed E-state index contributed by atoms with van der Waals surface area (Å²) < 4.78 is 10.6. The van der Waals surface area contributed by atoms with Crippen LogP contribution in [0.25, 0.3) is 0 Å². The number of esters is 1. The second-order valence-corrected chi connectivity index (χ2v) is 6.63. The number of methoxy groups -OCH3 is 1. The van der Waals surface area contributed by atoms with Crippen LogP contribution in [0.15, 0.2) is 48.5 Å². The highest BCUT2D eigenvalue weighted by atomic mass is 16.5. The highest BCUT2D eigenvalue weighted by Gasteiger charge is 2.27. The summed E-state index contributed by atoms with van der Waals surface area (Å²) in [6.07, 6.45) is 0.835. The van der Waals surface area contributed by atoms with Crippen molar-refractivity contribution in [2.75, 3.05) is 19.0 Å². The molecule has 0 aliphatic carbocycles. The predicted octanol–water partition coefficient (Wildman–Crippen LogP) is 4.32. The molecular weight excluding hydrogens is 342 g/mol. The molecule has 1 N–H and O–H groups in total. The van der Waals surface area contributed by atoms with E-state index in [2.05, 4.69) is 5.32 Å². The molecule has 0 aromatic heterocycles. The smallest absolute Gasteiger partial charge is 0.314 e. The van der Waals surface area contributed by atoms with E-state index in [1.54, 1.807) is 6.07 Å². The van der Waals surface area contributed by atoms with E-state index in [0.717, 1.165) is 17.5 Å². The lowest BCUT2D eigenvalue weighted by atomic mass is 9.86. The minimum absolute atomic E-state index is 0.111. The van der Waals surface area contributed by atoms with Gasteiger partial charge in [-0.3, -0.25) is 9.59 Å². The number of ether oxygens (including phenoxy) is 2. The van der Waals surface area contributed by atoms with Gasteiger partial charge in [0, 0.05) is 0 Å². The van der Waals surface area contributed by atoms with E-state index in [9.17, 15) is 9.59 Å². The van der Waals surface area contributed by atoms with Crippen molar-refractivity contribution in [3.63, 3.8) is 0 Å². The molecule has 5 nitrogen and oxygen atoms in total. The standard InChI is InChI=1S/C22H27NO4/c1-5-16(3)21(17-9-7-6-8-10-17)22(25)27-14-20(24)23-18-13-15(2)11-12-19(18)26-4/h6-13,16,21H,5,14H2,1-4H3,(H,23,24)/t16-,21-/m0/s1. The summed E-state index contributed by atoms with van der Waals surface area (Å²) in [6.45, 7) is 5.63. The van der Waals surface area contributed by atoms with Gasteiger partial charge in [0.25, 0.3) is 5.91 Å². The SMILES string of the molecule is CC[C@H](C)[C@H](C(=O)OCC(=O)Nc1cc(C)ccc1OC)c1ccccc1. The Morgan fingerprint density at radius 1 is 1.11 bits per heavy atom. The summed E-state index contributed by atoms with van der Waals surface area (Å²) in [5.41, 5.74) is 2.45. The number of aryl methyl sites for hydroxylation is 1.